The van der Waals surface area contributed by atoms with Crippen LogP contribution >= 0.6 is 0 Å². The number of hydrogen-bond donors (Lipinski definition) is 2. The molecule has 3 N–H and O–H groups in total. The van der Waals surface area contributed by atoms with Gasteiger partial charge in [0.2, 0.25) is 0 Å². The monoisotopic (exact) mass is 305 g/mol. The predicted molar refractivity (Wildman–Crippen MR) is 83.2 cm³/mol. The Kier molecular flexibility index (Phi) is 6.71. The number of rotatable bonds is 6. The standard InChI is InChI=1S/C14H19N5O3/c1-4-8-21-10(2)18-14(19(9-15)22-11(3)20)12-6-5-7-17-13(12)16/h4-7,9-10,15H,1,8H2,2-3H3,(H2,16,17)/b15-9?,18-14-. The number of amidine groups is 1. The van der Waals surface area contributed by atoms with Gasteiger partial charge in [-0.3, -0.25) is 5.41 Å². The number of nitrogen functional groups attached to an aromatic ring is 1. The highest BCUT2D eigenvalue weighted by atomic mass is 16.7. The molecule has 1 rings (SSSR count). The molecule has 118 valence electrons. The van der Waals surface area contributed by atoms with Crippen molar-refractivity contribution in [3.63, 3.8) is 0 Å². The van der Waals surface area contributed by atoms with Gasteiger partial charge in [-0.1, -0.05) is 6.08 Å². The summed E-state index contributed by atoms with van der Waals surface area (Å²) in [6.07, 6.45) is 3.36. The molecule has 0 spiro atoms. The normalized spacial score (nSPS) is 12.4. The van der Waals surface area contributed by atoms with Gasteiger partial charge >= 0.3 is 5.97 Å². The number of carbonyl (C=O) groups excluding carboxylic acids is 1. The summed E-state index contributed by atoms with van der Waals surface area (Å²) in [5, 5.41) is 8.32. The lowest BCUT2D eigenvalue weighted by Gasteiger charge is -2.21. The third-order valence-electron chi connectivity index (χ3n) is 2.39. The number of anilines is 1. The summed E-state index contributed by atoms with van der Waals surface area (Å²) < 4.78 is 5.37. The van der Waals surface area contributed by atoms with Gasteiger partial charge in [0, 0.05) is 13.1 Å². The Morgan fingerprint density at radius 2 is 2.41 bits per heavy atom. The first kappa shape index (κ1) is 17.3. The van der Waals surface area contributed by atoms with Gasteiger partial charge in [0.1, 0.15) is 18.4 Å². The van der Waals surface area contributed by atoms with Crippen LogP contribution in [0.15, 0.2) is 36.0 Å². The molecule has 1 unspecified atom stereocenters. The molecule has 0 aliphatic rings. The summed E-state index contributed by atoms with van der Waals surface area (Å²) in [6, 6.07) is 3.31. The number of nitrogens with one attached hydrogen (secondary N) is 1. The van der Waals surface area contributed by atoms with Gasteiger partial charge in [-0.2, -0.15) is 0 Å². The summed E-state index contributed by atoms with van der Waals surface area (Å²) in [6.45, 7) is 6.78. The van der Waals surface area contributed by atoms with Crippen molar-refractivity contribution in [3.05, 3.63) is 36.5 Å². The first-order valence-corrected chi connectivity index (χ1v) is 6.49. The van der Waals surface area contributed by atoms with Crippen LogP contribution in [0, 0.1) is 5.41 Å². The highest BCUT2D eigenvalue weighted by Crippen LogP contribution is 2.13. The third kappa shape index (κ3) is 4.98. The molecule has 0 radical (unpaired) electrons. The van der Waals surface area contributed by atoms with Gasteiger partial charge < -0.3 is 15.3 Å². The molecular weight excluding hydrogens is 286 g/mol. The van der Waals surface area contributed by atoms with Crippen LogP contribution in [-0.4, -0.2) is 41.0 Å². The zero-order valence-corrected chi connectivity index (χ0v) is 12.5. The summed E-state index contributed by atoms with van der Waals surface area (Å²) in [4.78, 5) is 24.4. The maximum Gasteiger partial charge on any atom is 0.330 e. The second kappa shape index (κ2) is 8.53. The van der Waals surface area contributed by atoms with E-state index in [1.54, 1.807) is 25.1 Å². The molecule has 0 saturated carbocycles. The van der Waals surface area contributed by atoms with Crippen molar-refractivity contribution in [1.82, 2.24) is 10.0 Å². The maximum absolute atomic E-state index is 11.2. The zero-order valence-electron chi connectivity index (χ0n) is 12.5. The van der Waals surface area contributed by atoms with E-state index >= 15 is 0 Å². The van der Waals surface area contributed by atoms with E-state index in [1.165, 1.54) is 13.1 Å². The fraction of sp³-hybridized carbons (Fsp3) is 0.286. The number of hydroxylamine groups is 2. The molecule has 0 amide bonds. The van der Waals surface area contributed by atoms with E-state index < -0.39 is 12.2 Å². The lowest BCUT2D eigenvalue weighted by molar-refractivity contribution is -0.158. The van der Waals surface area contributed by atoms with Crippen molar-refractivity contribution in [2.45, 2.75) is 20.1 Å². The molecule has 0 aromatic carbocycles. The average molecular weight is 305 g/mol. The number of carbonyl (C=O) groups is 1. The van der Waals surface area contributed by atoms with E-state index in [9.17, 15) is 4.79 Å². The quantitative estimate of drug-likeness (QED) is 0.355. The molecule has 8 heteroatoms. The topological polar surface area (TPSA) is 114 Å². The van der Waals surface area contributed by atoms with E-state index in [1.807, 2.05) is 0 Å². The molecule has 1 atom stereocenters. The number of nitrogens with zero attached hydrogens (tertiary/aromatic N) is 3. The lowest BCUT2D eigenvalue weighted by Crippen LogP contribution is -2.34. The lowest BCUT2D eigenvalue weighted by atomic mass is 10.2. The Bertz CT molecular complexity index is 573. The molecule has 1 aromatic heterocycles. The molecule has 0 aliphatic heterocycles. The SMILES string of the molecule is C=CCOC(C)/N=C(/c1cccnc1N)N(C=N)OC(C)=O. The van der Waals surface area contributed by atoms with Gasteiger partial charge in [0.05, 0.1) is 12.2 Å². The summed E-state index contributed by atoms with van der Waals surface area (Å²) in [5.74, 6) is -0.262. The van der Waals surface area contributed by atoms with Gasteiger partial charge in [-0.15, -0.1) is 11.6 Å². The van der Waals surface area contributed by atoms with Gasteiger partial charge in [0.15, 0.2) is 5.84 Å². The molecule has 0 bridgehead atoms. The summed E-state index contributed by atoms with van der Waals surface area (Å²) >= 11 is 0. The molecule has 0 fully saturated rings. The number of hydrogen-bond acceptors (Lipinski definition) is 7. The second-order valence-electron chi connectivity index (χ2n) is 4.15. The van der Waals surface area contributed by atoms with Gasteiger partial charge in [-0.05, 0) is 19.1 Å². The van der Waals surface area contributed by atoms with Crippen LogP contribution in [0.3, 0.4) is 0 Å². The fourth-order valence-electron chi connectivity index (χ4n) is 1.54. The van der Waals surface area contributed by atoms with Crippen molar-refractivity contribution >= 4 is 24.0 Å². The van der Waals surface area contributed by atoms with E-state index in [0.29, 0.717) is 12.2 Å². The van der Waals surface area contributed by atoms with Gasteiger partial charge in [0.25, 0.3) is 0 Å². The van der Waals surface area contributed by atoms with Crippen LogP contribution in [0.1, 0.15) is 19.4 Å². The van der Waals surface area contributed by atoms with Gasteiger partial charge in [-0.25, -0.2) is 14.8 Å². The molecule has 0 aliphatic carbocycles. The minimum absolute atomic E-state index is 0.146. The third-order valence-corrected chi connectivity index (χ3v) is 2.39. The van der Waals surface area contributed by atoms with Crippen LogP contribution in [0.4, 0.5) is 5.82 Å². The Morgan fingerprint density at radius 1 is 1.68 bits per heavy atom. The van der Waals surface area contributed by atoms with Crippen LogP contribution < -0.4 is 5.73 Å². The average Bonchev–Trinajstić information content (AvgIpc) is 2.49. The Balaban J connectivity index is 3.22. The number of aromatic nitrogens is 1. The van der Waals surface area contributed by atoms with Crippen molar-refractivity contribution in [1.29, 1.82) is 5.41 Å². The molecule has 22 heavy (non-hydrogen) atoms. The van der Waals surface area contributed by atoms with Crippen LogP contribution in [-0.2, 0) is 14.4 Å². The largest absolute Gasteiger partial charge is 0.383 e. The maximum atomic E-state index is 11.2. The molecule has 1 aromatic rings. The smallest absolute Gasteiger partial charge is 0.330 e. The van der Waals surface area contributed by atoms with E-state index in [-0.39, 0.29) is 11.7 Å². The first-order chi connectivity index (χ1) is 10.5. The number of aliphatic imine (C=N–C) groups is 1. The summed E-state index contributed by atoms with van der Waals surface area (Å²) in [7, 11) is 0. The van der Waals surface area contributed by atoms with Crippen LogP contribution in [0.25, 0.3) is 0 Å². The van der Waals surface area contributed by atoms with Crippen molar-refractivity contribution in [3.8, 4) is 0 Å². The van der Waals surface area contributed by atoms with E-state index in [4.69, 9.17) is 20.7 Å². The number of ether oxygens (including phenoxy) is 1. The number of nitrogens with two attached hydrogens (primary N) is 1. The molecule has 1 heterocycles. The van der Waals surface area contributed by atoms with Crippen LogP contribution in [0.2, 0.25) is 0 Å². The van der Waals surface area contributed by atoms with Crippen molar-refractivity contribution < 1.29 is 14.4 Å². The van der Waals surface area contributed by atoms with Crippen LogP contribution in [0.5, 0.6) is 0 Å². The highest BCUT2D eigenvalue weighted by Gasteiger charge is 2.19. The second-order valence-corrected chi connectivity index (χ2v) is 4.15. The van der Waals surface area contributed by atoms with Crippen molar-refractivity contribution in [2.75, 3.05) is 12.3 Å². The first-order valence-electron chi connectivity index (χ1n) is 6.49. The fourth-order valence-corrected chi connectivity index (χ4v) is 1.54. The molecule has 8 nitrogen and oxygen atoms in total. The minimum Gasteiger partial charge on any atom is -0.383 e. The van der Waals surface area contributed by atoms with E-state index in [2.05, 4.69) is 16.6 Å². The van der Waals surface area contributed by atoms with E-state index in [0.717, 1.165) is 11.4 Å². The Labute approximate surface area is 128 Å². The predicted octanol–water partition coefficient (Wildman–Crippen LogP) is 1.35. The zero-order chi connectivity index (χ0) is 16.5. The summed E-state index contributed by atoms with van der Waals surface area (Å²) in [5.41, 5.74) is 6.25. The Hall–Kier alpha value is -2.74. The Morgan fingerprint density at radius 3 is 2.95 bits per heavy atom. The van der Waals surface area contributed by atoms with Crippen molar-refractivity contribution in [2.24, 2.45) is 4.99 Å². The molecular formula is C14H19N5O3. The minimum atomic E-state index is -0.599. The molecule has 0 saturated heterocycles. The highest BCUT2D eigenvalue weighted by molar-refractivity contribution is 6.06. The number of pyridine rings is 1.